The maximum absolute atomic E-state index is 5.37. The molecule has 0 radical (unpaired) electrons. The number of nitrogens with one attached hydrogen (secondary N) is 1. The predicted molar refractivity (Wildman–Crippen MR) is 58.3 cm³/mol. The molecular formula is C11H18N2O. The first kappa shape index (κ1) is 11.0. The van der Waals surface area contributed by atoms with Gasteiger partial charge in [0, 0.05) is 13.2 Å². The Balaban J connectivity index is 2.79. The van der Waals surface area contributed by atoms with Crippen LogP contribution >= 0.6 is 0 Å². The van der Waals surface area contributed by atoms with Crippen LogP contribution < -0.4 is 15.8 Å². The summed E-state index contributed by atoms with van der Waals surface area (Å²) >= 11 is 0. The lowest BCUT2D eigenvalue weighted by atomic mass is 10.1. The minimum absolute atomic E-state index is 0.507. The maximum atomic E-state index is 5.37. The van der Waals surface area contributed by atoms with Gasteiger partial charge in [-0.15, -0.1) is 0 Å². The molecule has 0 aliphatic carbocycles. The molecule has 0 unspecified atom stereocenters. The number of hydrogen-bond donors (Lipinski definition) is 2. The average molecular weight is 194 g/mol. The van der Waals surface area contributed by atoms with E-state index in [-0.39, 0.29) is 0 Å². The van der Waals surface area contributed by atoms with Gasteiger partial charge in [-0.05, 0) is 23.6 Å². The molecule has 14 heavy (non-hydrogen) atoms. The van der Waals surface area contributed by atoms with Gasteiger partial charge in [-0.2, -0.15) is 0 Å². The molecule has 0 saturated heterocycles. The zero-order valence-electron chi connectivity index (χ0n) is 8.84. The third-order valence-electron chi connectivity index (χ3n) is 2.20. The van der Waals surface area contributed by atoms with Crippen molar-refractivity contribution in [2.24, 2.45) is 5.73 Å². The van der Waals surface area contributed by atoms with Gasteiger partial charge < -0.3 is 15.8 Å². The van der Waals surface area contributed by atoms with E-state index in [1.807, 2.05) is 6.07 Å². The highest BCUT2D eigenvalue weighted by Crippen LogP contribution is 2.20. The Hall–Kier alpha value is -1.06. The highest BCUT2D eigenvalue weighted by Gasteiger charge is 2.01. The van der Waals surface area contributed by atoms with Crippen LogP contribution in [-0.2, 0) is 13.0 Å². The van der Waals surface area contributed by atoms with Crippen molar-refractivity contribution in [1.82, 2.24) is 5.32 Å². The molecule has 1 rings (SSSR count). The Labute approximate surface area is 85.3 Å². The van der Waals surface area contributed by atoms with Crippen LogP contribution in [0.3, 0.4) is 0 Å². The van der Waals surface area contributed by atoms with Gasteiger partial charge in [0.25, 0.3) is 0 Å². The van der Waals surface area contributed by atoms with E-state index in [0.29, 0.717) is 6.67 Å². The summed E-state index contributed by atoms with van der Waals surface area (Å²) in [4.78, 5) is 0. The summed E-state index contributed by atoms with van der Waals surface area (Å²) in [5.41, 5.74) is 7.85. The van der Waals surface area contributed by atoms with Gasteiger partial charge in [-0.1, -0.05) is 19.1 Å². The second-order valence-corrected chi connectivity index (χ2v) is 3.13. The molecule has 3 N–H and O–H groups in total. The van der Waals surface area contributed by atoms with Gasteiger partial charge in [0.15, 0.2) is 0 Å². The van der Waals surface area contributed by atoms with E-state index >= 15 is 0 Å². The Morgan fingerprint density at radius 1 is 1.43 bits per heavy atom. The van der Waals surface area contributed by atoms with Gasteiger partial charge in [0.05, 0.1) is 7.11 Å². The van der Waals surface area contributed by atoms with E-state index < -0.39 is 0 Å². The summed E-state index contributed by atoms with van der Waals surface area (Å²) in [6.45, 7) is 3.44. The summed E-state index contributed by atoms with van der Waals surface area (Å²) < 4.78 is 5.25. The SMILES string of the molecule is CCc1cc(CNCN)ccc1OC. The zero-order chi connectivity index (χ0) is 10.4. The number of nitrogens with two attached hydrogens (primary N) is 1. The van der Waals surface area contributed by atoms with Gasteiger partial charge in [0.2, 0.25) is 0 Å². The molecule has 3 heteroatoms. The summed E-state index contributed by atoms with van der Waals surface area (Å²) in [6.07, 6.45) is 0.986. The molecule has 1 aromatic carbocycles. The highest BCUT2D eigenvalue weighted by molar-refractivity contribution is 5.37. The van der Waals surface area contributed by atoms with E-state index in [0.717, 1.165) is 18.7 Å². The van der Waals surface area contributed by atoms with Gasteiger partial charge in [-0.25, -0.2) is 0 Å². The van der Waals surface area contributed by atoms with Crippen molar-refractivity contribution in [3.63, 3.8) is 0 Å². The van der Waals surface area contributed by atoms with Crippen LogP contribution in [0.5, 0.6) is 5.75 Å². The van der Waals surface area contributed by atoms with E-state index in [4.69, 9.17) is 10.5 Å². The minimum Gasteiger partial charge on any atom is -0.496 e. The first-order valence-electron chi connectivity index (χ1n) is 4.88. The second-order valence-electron chi connectivity index (χ2n) is 3.13. The number of ether oxygens (including phenoxy) is 1. The predicted octanol–water partition coefficient (Wildman–Crippen LogP) is 1.26. The normalized spacial score (nSPS) is 10.2. The minimum atomic E-state index is 0.507. The Morgan fingerprint density at radius 3 is 2.79 bits per heavy atom. The van der Waals surface area contributed by atoms with Crippen molar-refractivity contribution in [1.29, 1.82) is 0 Å². The third-order valence-corrected chi connectivity index (χ3v) is 2.20. The average Bonchev–Trinajstić information content (AvgIpc) is 2.25. The van der Waals surface area contributed by atoms with Crippen molar-refractivity contribution < 1.29 is 4.74 Å². The molecule has 3 nitrogen and oxygen atoms in total. The zero-order valence-corrected chi connectivity index (χ0v) is 8.84. The number of rotatable bonds is 5. The van der Waals surface area contributed by atoms with E-state index in [1.165, 1.54) is 11.1 Å². The molecule has 0 bridgehead atoms. The standard InChI is InChI=1S/C11H18N2O/c1-3-10-6-9(7-13-8-12)4-5-11(10)14-2/h4-6,13H,3,7-8,12H2,1-2H3. The highest BCUT2D eigenvalue weighted by atomic mass is 16.5. The summed E-state index contributed by atoms with van der Waals surface area (Å²) in [7, 11) is 1.70. The molecule has 0 atom stereocenters. The maximum Gasteiger partial charge on any atom is 0.122 e. The van der Waals surface area contributed by atoms with Crippen molar-refractivity contribution >= 4 is 0 Å². The van der Waals surface area contributed by atoms with E-state index in [1.54, 1.807) is 7.11 Å². The smallest absolute Gasteiger partial charge is 0.122 e. The first-order valence-corrected chi connectivity index (χ1v) is 4.88. The lowest BCUT2D eigenvalue weighted by Crippen LogP contribution is -2.21. The van der Waals surface area contributed by atoms with Crippen molar-refractivity contribution in [3.05, 3.63) is 29.3 Å². The molecule has 0 spiro atoms. The molecule has 1 aromatic rings. The van der Waals surface area contributed by atoms with Gasteiger partial charge >= 0.3 is 0 Å². The van der Waals surface area contributed by atoms with Crippen molar-refractivity contribution in [3.8, 4) is 5.75 Å². The molecule has 0 aliphatic heterocycles. The van der Waals surface area contributed by atoms with E-state index in [2.05, 4.69) is 24.4 Å². The third kappa shape index (κ3) is 2.72. The van der Waals surface area contributed by atoms with Crippen molar-refractivity contribution in [2.75, 3.05) is 13.8 Å². The number of hydrogen-bond acceptors (Lipinski definition) is 3. The molecule has 0 aliphatic rings. The summed E-state index contributed by atoms with van der Waals surface area (Å²) in [6, 6.07) is 6.22. The fourth-order valence-electron chi connectivity index (χ4n) is 1.43. The number of aryl methyl sites for hydroxylation is 1. The first-order chi connectivity index (χ1) is 6.81. The van der Waals surface area contributed by atoms with Crippen LogP contribution in [-0.4, -0.2) is 13.8 Å². The lowest BCUT2D eigenvalue weighted by Gasteiger charge is -2.09. The van der Waals surface area contributed by atoms with Crippen molar-refractivity contribution in [2.45, 2.75) is 19.9 Å². The van der Waals surface area contributed by atoms with Crippen LogP contribution in [0.25, 0.3) is 0 Å². The quantitative estimate of drug-likeness (QED) is 0.694. The second kappa shape index (κ2) is 5.62. The van der Waals surface area contributed by atoms with Gasteiger partial charge in [0.1, 0.15) is 5.75 Å². The van der Waals surface area contributed by atoms with Crippen LogP contribution in [0.4, 0.5) is 0 Å². The molecule has 0 saturated carbocycles. The molecule has 78 valence electrons. The molecule has 0 fully saturated rings. The van der Waals surface area contributed by atoms with E-state index in [9.17, 15) is 0 Å². The fraction of sp³-hybridized carbons (Fsp3) is 0.455. The Bertz CT molecular complexity index is 287. The van der Waals surface area contributed by atoms with Crippen LogP contribution in [0.1, 0.15) is 18.1 Å². The molecule has 0 heterocycles. The summed E-state index contributed by atoms with van der Waals surface area (Å²) in [5, 5.41) is 3.09. The van der Waals surface area contributed by atoms with Crippen LogP contribution in [0.15, 0.2) is 18.2 Å². The fourth-order valence-corrected chi connectivity index (χ4v) is 1.43. The molecule has 0 amide bonds. The van der Waals surface area contributed by atoms with Gasteiger partial charge in [-0.3, -0.25) is 0 Å². The largest absolute Gasteiger partial charge is 0.496 e. The Morgan fingerprint density at radius 2 is 2.21 bits per heavy atom. The topological polar surface area (TPSA) is 47.3 Å². The Kier molecular flexibility index (Phi) is 4.43. The molecular weight excluding hydrogens is 176 g/mol. The number of benzene rings is 1. The number of methoxy groups -OCH3 is 1. The summed E-state index contributed by atoms with van der Waals surface area (Å²) in [5.74, 6) is 0.962. The van der Waals surface area contributed by atoms with Crippen LogP contribution in [0, 0.1) is 0 Å². The van der Waals surface area contributed by atoms with Crippen LogP contribution in [0.2, 0.25) is 0 Å². The lowest BCUT2D eigenvalue weighted by molar-refractivity contribution is 0.410. The molecule has 0 aromatic heterocycles. The monoisotopic (exact) mass is 194 g/mol.